The number of aryl methyl sites for hydroxylation is 1. The van der Waals surface area contributed by atoms with Crippen LogP contribution in [-0.4, -0.2) is 32.5 Å². The zero-order valence-corrected chi connectivity index (χ0v) is 16.5. The maximum absolute atomic E-state index is 12.1. The maximum Gasteiger partial charge on any atom is 0.253 e. The molecule has 1 amide bonds. The number of amides is 1. The molecule has 27 heavy (non-hydrogen) atoms. The number of para-hydroxylation sites is 1. The second-order valence-corrected chi connectivity index (χ2v) is 8.12. The van der Waals surface area contributed by atoms with Crippen molar-refractivity contribution >= 4 is 16.8 Å². The Labute approximate surface area is 158 Å². The second kappa shape index (κ2) is 6.08. The predicted molar refractivity (Wildman–Crippen MR) is 107 cm³/mol. The van der Waals surface area contributed by atoms with Crippen LogP contribution in [0.4, 0.5) is 0 Å². The maximum atomic E-state index is 12.1. The summed E-state index contributed by atoms with van der Waals surface area (Å²) >= 11 is 0. The van der Waals surface area contributed by atoms with Crippen molar-refractivity contribution in [2.75, 3.05) is 6.54 Å². The largest absolute Gasteiger partial charge is 0.358 e. The molecular weight excluding hydrogens is 338 g/mol. The van der Waals surface area contributed by atoms with Crippen LogP contribution in [0.5, 0.6) is 0 Å². The van der Waals surface area contributed by atoms with Gasteiger partial charge in [-0.1, -0.05) is 18.2 Å². The molecule has 0 saturated carbocycles. The number of aromatic amines is 1. The lowest BCUT2D eigenvalue weighted by atomic mass is 10.0. The number of carbonyl (C=O) groups is 1. The molecule has 0 aliphatic carbocycles. The fourth-order valence-electron chi connectivity index (χ4n) is 3.52. The van der Waals surface area contributed by atoms with Gasteiger partial charge in [-0.2, -0.15) is 0 Å². The molecule has 1 aliphatic rings. The van der Waals surface area contributed by atoms with Gasteiger partial charge in [-0.3, -0.25) is 4.79 Å². The molecule has 0 bridgehead atoms. The normalized spacial score (nSPS) is 15.1. The Kier molecular flexibility index (Phi) is 3.94. The van der Waals surface area contributed by atoms with Crippen molar-refractivity contribution in [2.45, 2.75) is 39.7 Å². The summed E-state index contributed by atoms with van der Waals surface area (Å²) in [5.74, 6) is -0.0158. The lowest BCUT2D eigenvalue weighted by Crippen LogP contribution is -2.31. The van der Waals surface area contributed by atoms with Crippen LogP contribution in [0.15, 0.2) is 29.3 Å². The molecule has 1 aromatic carbocycles. The van der Waals surface area contributed by atoms with Gasteiger partial charge in [0.05, 0.1) is 16.6 Å². The predicted octanol–water partition coefficient (Wildman–Crippen LogP) is 2.86. The molecule has 0 radical (unpaired) electrons. The number of fused-ring (bicyclic) bond motifs is 2. The van der Waals surface area contributed by atoms with Gasteiger partial charge in [0.25, 0.3) is 5.91 Å². The summed E-state index contributed by atoms with van der Waals surface area (Å²) in [6.07, 6.45) is 0.817. The molecule has 2 N–H and O–H groups in total. The molecule has 3 heterocycles. The van der Waals surface area contributed by atoms with E-state index in [1.54, 1.807) is 0 Å². The van der Waals surface area contributed by atoms with E-state index in [1.165, 1.54) is 0 Å². The molecule has 0 spiro atoms. The van der Waals surface area contributed by atoms with Crippen molar-refractivity contribution < 1.29 is 4.79 Å². The highest BCUT2D eigenvalue weighted by molar-refractivity contribution is 6.00. The van der Waals surface area contributed by atoms with Crippen LogP contribution in [0.1, 0.15) is 42.5 Å². The molecule has 3 aromatic rings. The van der Waals surface area contributed by atoms with E-state index in [0.717, 1.165) is 45.5 Å². The van der Waals surface area contributed by atoms with E-state index >= 15 is 0 Å². The Bertz CT molecular complexity index is 1130. The summed E-state index contributed by atoms with van der Waals surface area (Å²) in [6.45, 7) is 8.96. The van der Waals surface area contributed by atoms with Crippen LogP contribution in [0.2, 0.25) is 0 Å². The average molecular weight is 363 g/mol. The average Bonchev–Trinajstić information content (AvgIpc) is 3.03. The van der Waals surface area contributed by atoms with Crippen molar-refractivity contribution in [3.63, 3.8) is 0 Å². The topological polar surface area (TPSA) is 75.1 Å². The van der Waals surface area contributed by atoms with Crippen molar-refractivity contribution in [3.8, 4) is 11.3 Å². The van der Waals surface area contributed by atoms with Gasteiger partial charge in [0, 0.05) is 48.0 Å². The third-order valence-electron chi connectivity index (χ3n) is 4.97. The third kappa shape index (κ3) is 3.05. The van der Waals surface area contributed by atoms with Crippen LogP contribution in [0, 0.1) is 6.92 Å². The fraction of sp³-hybridized carbons (Fsp3) is 0.381. The minimum absolute atomic E-state index is 0.0158. The number of aromatic nitrogens is 3. The van der Waals surface area contributed by atoms with E-state index in [-0.39, 0.29) is 11.4 Å². The number of carbonyl (C=O) groups excluding carboxylic acids is 1. The summed E-state index contributed by atoms with van der Waals surface area (Å²) in [6, 6.07) is 8.10. The molecule has 1 aliphatic heterocycles. The van der Waals surface area contributed by atoms with Crippen LogP contribution in [0.3, 0.4) is 0 Å². The van der Waals surface area contributed by atoms with Crippen molar-refractivity contribution in [1.29, 1.82) is 0 Å². The number of nitrogens with one attached hydrogen (secondary N) is 2. The lowest BCUT2D eigenvalue weighted by Gasteiger charge is -2.15. The number of hydrogen-bond donors (Lipinski definition) is 2. The van der Waals surface area contributed by atoms with Gasteiger partial charge in [0.2, 0.25) is 5.62 Å². The lowest BCUT2D eigenvalue weighted by molar-refractivity contribution is 0.0946. The highest BCUT2D eigenvalue weighted by Crippen LogP contribution is 2.29. The van der Waals surface area contributed by atoms with Gasteiger partial charge in [-0.15, -0.1) is 0 Å². The number of rotatable bonds is 1. The van der Waals surface area contributed by atoms with Crippen LogP contribution >= 0.6 is 0 Å². The van der Waals surface area contributed by atoms with Crippen LogP contribution < -0.4 is 10.9 Å². The molecule has 140 valence electrons. The van der Waals surface area contributed by atoms with Crippen LogP contribution in [0.25, 0.3) is 22.2 Å². The first-order chi connectivity index (χ1) is 12.7. The zero-order chi connectivity index (χ0) is 19.3. The SMILES string of the molecule is Cc1c2cccc(-c3cc4c([nH]3)CCNC4=O)c2nc(=NC(C)(C)C)n1C. The Hall–Kier alpha value is -2.89. The Morgan fingerprint density at radius 1 is 1.22 bits per heavy atom. The molecule has 2 aromatic heterocycles. The minimum Gasteiger partial charge on any atom is -0.358 e. The Morgan fingerprint density at radius 3 is 2.70 bits per heavy atom. The van der Waals surface area contributed by atoms with E-state index in [4.69, 9.17) is 9.98 Å². The molecule has 0 saturated heterocycles. The van der Waals surface area contributed by atoms with Gasteiger partial charge >= 0.3 is 0 Å². The van der Waals surface area contributed by atoms with Gasteiger partial charge in [0.1, 0.15) is 0 Å². The Morgan fingerprint density at radius 2 is 2.00 bits per heavy atom. The number of nitrogens with zero attached hydrogens (tertiary/aromatic N) is 3. The summed E-state index contributed by atoms with van der Waals surface area (Å²) in [7, 11) is 2.00. The Balaban J connectivity index is 2.00. The molecule has 0 atom stereocenters. The fourth-order valence-corrected chi connectivity index (χ4v) is 3.52. The first-order valence-corrected chi connectivity index (χ1v) is 9.27. The standard InChI is InChI=1S/C21H25N5O/c1-12-13-7-6-8-14(17-11-15-16(23-17)9-10-22-19(15)27)18(13)24-20(26(12)5)25-21(2,3)4/h6-8,11,23H,9-10H2,1-5H3,(H,22,27). The highest BCUT2D eigenvalue weighted by Gasteiger charge is 2.21. The smallest absolute Gasteiger partial charge is 0.253 e. The van der Waals surface area contributed by atoms with E-state index in [2.05, 4.69) is 44.1 Å². The summed E-state index contributed by atoms with van der Waals surface area (Å²) in [5.41, 5.74) is 6.12. The number of hydrogen-bond acceptors (Lipinski definition) is 3. The van der Waals surface area contributed by atoms with Gasteiger partial charge in [0.15, 0.2) is 0 Å². The second-order valence-electron chi connectivity index (χ2n) is 8.12. The summed E-state index contributed by atoms with van der Waals surface area (Å²) in [5, 5.41) is 3.98. The quantitative estimate of drug-likeness (QED) is 0.698. The van der Waals surface area contributed by atoms with E-state index in [9.17, 15) is 4.79 Å². The van der Waals surface area contributed by atoms with Gasteiger partial charge in [-0.25, -0.2) is 9.98 Å². The number of H-pyrrole nitrogens is 1. The molecule has 6 nitrogen and oxygen atoms in total. The molecule has 0 fully saturated rings. The third-order valence-corrected chi connectivity index (χ3v) is 4.97. The first kappa shape index (κ1) is 17.5. The van der Waals surface area contributed by atoms with Crippen molar-refractivity contribution in [1.82, 2.24) is 19.9 Å². The summed E-state index contributed by atoms with van der Waals surface area (Å²) in [4.78, 5) is 25.3. The number of benzene rings is 1. The molecule has 6 heteroatoms. The molecule has 0 unspecified atom stereocenters. The first-order valence-electron chi connectivity index (χ1n) is 9.27. The highest BCUT2D eigenvalue weighted by atomic mass is 16.1. The zero-order valence-electron chi connectivity index (χ0n) is 16.5. The van der Waals surface area contributed by atoms with Crippen LogP contribution in [-0.2, 0) is 13.5 Å². The van der Waals surface area contributed by atoms with E-state index in [0.29, 0.717) is 12.2 Å². The van der Waals surface area contributed by atoms with Gasteiger partial charge in [-0.05, 0) is 33.8 Å². The van der Waals surface area contributed by atoms with Gasteiger partial charge < -0.3 is 14.9 Å². The summed E-state index contributed by atoms with van der Waals surface area (Å²) < 4.78 is 2.03. The minimum atomic E-state index is -0.219. The molecule has 4 rings (SSSR count). The molecular formula is C21H25N5O. The van der Waals surface area contributed by atoms with E-state index in [1.807, 2.05) is 29.8 Å². The monoisotopic (exact) mass is 363 g/mol. The van der Waals surface area contributed by atoms with Crippen molar-refractivity contribution in [2.24, 2.45) is 12.0 Å². The van der Waals surface area contributed by atoms with Crippen molar-refractivity contribution in [3.05, 3.63) is 46.8 Å². The van der Waals surface area contributed by atoms with E-state index < -0.39 is 0 Å².